The Morgan fingerprint density at radius 3 is 2.79 bits per heavy atom. The summed E-state index contributed by atoms with van der Waals surface area (Å²) in [7, 11) is 0. The van der Waals surface area contributed by atoms with Crippen molar-refractivity contribution in [2.45, 2.75) is 40.2 Å². The zero-order valence-electron chi connectivity index (χ0n) is 14.7. The average Bonchev–Trinajstić information content (AvgIpc) is 2.97. The third-order valence-corrected chi connectivity index (χ3v) is 5.34. The van der Waals surface area contributed by atoms with E-state index in [1.807, 2.05) is 31.2 Å². The van der Waals surface area contributed by atoms with Gasteiger partial charge in [0.2, 0.25) is 5.91 Å². The number of aryl methyl sites for hydroxylation is 1. The quantitative estimate of drug-likeness (QED) is 0.827. The van der Waals surface area contributed by atoms with Gasteiger partial charge in [0, 0.05) is 25.4 Å². The number of likely N-dealkylation sites (tertiary alicyclic amines) is 1. The molecule has 1 aromatic heterocycles. The van der Waals surface area contributed by atoms with E-state index < -0.39 is 0 Å². The number of hydrogen-bond donors (Lipinski definition) is 0. The molecule has 4 nitrogen and oxygen atoms in total. The first-order valence-corrected chi connectivity index (χ1v) is 9.45. The second-order valence-corrected chi connectivity index (χ2v) is 7.63. The fourth-order valence-electron chi connectivity index (χ4n) is 3.25. The van der Waals surface area contributed by atoms with E-state index in [-0.39, 0.29) is 5.91 Å². The zero-order chi connectivity index (χ0) is 17.1. The molecule has 5 heteroatoms. The van der Waals surface area contributed by atoms with Gasteiger partial charge in [-0.1, -0.05) is 24.6 Å². The average molecular weight is 343 g/mol. The van der Waals surface area contributed by atoms with Gasteiger partial charge in [-0.05, 0) is 44.4 Å². The zero-order valence-corrected chi connectivity index (χ0v) is 15.5. The van der Waals surface area contributed by atoms with Crippen LogP contribution in [0, 0.1) is 12.8 Å². The first kappa shape index (κ1) is 17.1. The summed E-state index contributed by atoms with van der Waals surface area (Å²) in [5, 5.41) is 2.84. The summed E-state index contributed by atoms with van der Waals surface area (Å²) in [4.78, 5) is 21.1. The molecule has 0 N–H and O–H groups in total. The first-order valence-electron chi connectivity index (χ1n) is 8.57. The summed E-state index contributed by atoms with van der Waals surface area (Å²) in [6.07, 6.45) is 2.59. The lowest BCUT2D eigenvalue weighted by atomic mass is 10.0. The molecule has 1 aliphatic rings. The number of carbonyl (C=O) groups excluding carboxylic acids is 1. The standard InChI is InChI=1S/C19H25N3OS/c1-14-6-8-18(9-7-14)22(16(3)23)19-20-17(13-24-19)12-21-10-4-5-15(2)11-21/h6-9,13,15H,4-5,10-12H2,1-3H3/t15-/m0/s1. The van der Waals surface area contributed by atoms with Crippen LogP contribution >= 0.6 is 11.3 Å². The van der Waals surface area contributed by atoms with E-state index in [9.17, 15) is 4.79 Å². The van der Waals surface area contributed by atoms with Crippen molar-refractivity contribution in [3.8, 4) is 0 Å². The van der Waals surface area contributed by atoms with Crippen molar-refractivity contribution in [1.82, 2.24) is 9.88 Å². The molecule has 1 fully saturated rings. The van der Waals surface area contributed by atoms with Crippen LogP contribution in [0.3, 0.4) is 0 Å². The Bertz CT molecular complexity index is 695. The lowest BCUT2D eigenvalue weighted by Crippen LogP contribution is -2.33. The molecule has 1 amide bonds. The molecule has 24 heavy (non-hydrogen) atoms. The fraction of sp³-hybridized carbons (Fsp3) is 0.474. The van der Waals surface area contributed by atoms with E-state index in [4.69, 9.17) is 4.98 Å². The molecule has 0 bridgehead atoms. The number of piperidine rings is 1. The second kappa shape index (κ2) is 7.45. The van der Waals surface area contributed by atoms with Crippen LogP contribution < -0.4 is 4.90 Å². The van der Waals surface area contributed by atoms with Gasteiger partial charge < -0.3 is 0 Å². The van der Waals surface area contributed by atoms with Gasteiger partial charge >= 0.3 is 0 Å². The van der Waals surface area contributed by atoms with Gasteiger partial charge in [0.25, 0.3) is 0 Å². The Balaban J connectivity index is 1.76. The van der Waals surface area contributed by atoms with Crippen LogP contribution in [0.25, 0.3) is 0 Å². The highest BCUT2D eigenvalue weighted by molar-refractivity contribution is 7.14. The topological polar surface area (TPSA) is 36.4 Å². The number of nitrogens with zero attached hydrogens (tertiary/aromatic N) is 3. The predicted octanol–water partition coefficient (Wildman–Crippen LogP) is 4.37. The van der Waals surface area contributed by atoms with Gasteiger partial charge in [-0.15, -0.1) is 11.3 Å². The van der Waals surface area contributed by atoms with Gasteiger partial charge in [0.05, 0.1) is 11.4 Å². The van der Waals surface area contributed by atoms with E-state index in [1.165, 1.54) is 18.4 Å². The minimum atomic E-state index is -0.00801. The van der Waals surface area contributed by atoms with Crippen LogP contribution in [0.1, 0.15) is 37.9 Å². The molecular weight excluding hydrogens is 318 g/mol. The summed E-state index contributed by atoms with van der Waals surface area (Å²) in [5.41, 5.74) is 3.12. The number of hydrogen-bond acceptors (Lipinski definition) is 4. The van der Waals surface area contributed by atoms with Crippen LogP contribution in [-0.2, 0) is 11.3 Å². The molecule has 1 aliphatic heterocycles. The highest BCUT2D eigenvalue weighted by atomic mass is 32.1. The van der Waals surface area contributed by atoms with Crippen molar-refractivity contribution >= 4 is 28.1 Å². The molecular formula is C19H25N3OS. The minimum Gasteiger partial charge on any atom is -0.297 e. The lowest BCUT2D eigenvalue weighted by Gasteiger charge is -2.30. The van der Waals surface area contributed by atoms with Crippen molar-refractivity contribution in [1.29, 1.82) is 0 Å². The molecule has 0 saturated carbocycles. The molecule has 2 aromatic rings. The molecule has 2 heterocycles. The summed E-state index contributed by atoms with van der Waals surface area (Å²) in [6.45, 7) is 9.11. The van der Waals surface area contributed by atoms with Gasteiger partial charge in [-0.3, -0.25) is 14.6 Å². The molecule has 3 rings (SSSR count). The maximum absolute atomic E-state index is 12.2. The molecule has 0 unspecified atom stereocenters. The highest BCUT2D eigenvalue weighted by Crippen LogP contribution is 2.30. The monoisotopic (exact) mass is 343 g/mol. The van der Waals surface area contributed by atoms with Crippen molar-refractivity contribution in [3.05, 3.63) is 40.9 Å². The van der Waals surface area contributed by atoms with E-state index in [0.717, 1.165) is 42.1 Å². The van der Waals surface area contributed by atoms with Crippen molar-refractivity contribution in [2.75, 3.05) is 18.0 Å². The third-order valence-electron chi connectivity index (χ3n) is 4.46. The third kappa shape index (κ3) is 4.02. The SMILES string of the molecule is CC(=O)N(c1ccc(C)cc1)c1nc(CN2CCC[C@H](C)C2)cs1. The number of aromatic nitrogens is 1. The Morgan fingerprint density at radius 2 is 2.12 bits per heavy atom. The van der Waals surface area contributed by atoms with Gasteiger partial charge in [-0.2, -0.15) is 0 Å². The van der Waals surface area contributed by atoms with Gasteiger partial charge in [0.1, 0.15) is 0 Å². The summed E-state index contributed by atoms with van der Waals surface area (Å²) in [6, 6.07) is 8.00. The number of anilines is 2. The smallest absolute Gasteiger partial charge is 0.230 e. The summed E-state index contributed by atoms with van der Waals surface area (Å²) in [5.74, 6) is 0.754. The largest absolute Gasteiger partial charge is 0.297 e. The molecule has 0 radical (unpaired) electrons. The maximum Gasteiger partial charge on any atom is 0.230 e. The lowest BCUT2D eigenvalue weighted by molar-refractivity contribution is -0.115. The Kier molecular flexibility index (Phi) is 5.31. The van der Waals surface area contributed by atoms with Crippen molar-refractivity contribution < 1.29 is 4.79 Å². The summed E-state index contributed by atoms with van der Waals surface area (Å²) >= 11 is 1.54. The van der Waals surface area contributed by atoms with E-state index in [0.29, 0.717) is 0 Å². The number of benzene rings is 1. The first-order chi connectivity index (χ1) is 11.5. The molecule has 1 aromatic carbocycles. The van der Waals surface area contributed by atoms with Crippen LogP contribution in [0.2, 0.25) is 0 Å². The molecule has 1 atom stereocenters. The van der Waals surface area contributed by atoms with Gasteiger partial charge in [0.15, 0.2) is 5.13 Å². The maximum atomic E-state index is 12.2. The number of thiazole rings is 1. The second-order valence-electron chi connectivity index (χ2n) is 6.79. The minimum absolute atomic E-state index is 0.00801. The molecule has 0 spiro atoms. The molecule has 0 aliphatic carbocycles. The van der Waals surface area contributed by atoms with Gasteiger partial charge in [-0.25, -0.2) is 4.98 Å². The van der Waals surface area contributed by atoms with Crippen LogP contribution in [-0.4, -0.2) is 28.9 Å². The number of rotatable bonds is 4. The molecule has 128 valence electrons. The van der Waals surface area contributed by atoms with Crippen LogP contribution in [0.5, 0.6) is 0 Å². The molecule has 1 saturated heterocycles. The van der Waals surface area contributed by atoms with Crippen LogP contribution in [0.15, 0.2) is 29.6 Å². The number of amides is 1. The Hall–Kier alpha value is -1.72. The highest BCUT2D eigenvalue weighted by Gasteiger charge is 2.20. The predicted molar refractivity (Wildman–Crippen MR) is 99.8 cm³/mol. The normalized spacial score (nSPS) is 18.5. The van der Waals surface area contributed by atoms with Crippen LogP contribution in [0.4, 0.5) is 10.8 Å². The van der Waals surface area contributed by atoms with Crippen molar-refractivity contribution in [2.24, 2.45) is 5.92 Å². The Labute approximate surface area is 148 Å². The Morgan fingerprint density at radius 1 is 1.38 bits per heavy atom. The number of carbonyl (C=O) groups is 1. The summed E-state index contributed by atoms with van der Waals surface area (Å²) < 4.78 is 0. The van der Waals surface area contributed by atoms with E-state index in [2.05, 4.69) is 17.2 Å². The fourth-order valence-corrected chi connectivity index (χ4v) is 4.13. The van der Waals surface area contributed by atoms with E-state index in [1.54, 1.807) is 23.2 Å². The van der Waals surface area contributed by atoms with Crippen molar-refractivity contribution in [3.63, 3.8) is 0 Å². The van der Waals surface area contributed by atoms with E-state index >= 15 is 0 Å².